The topological polar surface area (TPSA) is 62.0 Å². The number of nitrogens with one attached hydrogen (secondary N) is 2. The molecule has 0 spiro atoms. The fourth-order valence-electron chi connectivity index (χ4n) is 0.924. The summed E-state index contributed by atoms with van der Waals surface area (Å²) in [6.45, 7) is 1.96. The number of hydrogen-bond donors (Lipinski definition) is 2. The third-order valence-electron chi connectivity index (χ3n) is 1.59. The molecule has 74 valence electrons. The second-order valence-corrected chi connectivity index (χ2v) is 2.83. The second-order valence-electron chi connectivity index (χ2n) is 2.83. The Hall–Kier alpha value is -1.84. The van der Waals surface area contributed by atoms with Crippen molar-refractivity contribution in [3.8, 4) is 0 Å². The van der Waals surface area contributed by atoms with Gasteiger partial charge in [0.2, 0.25) is 11.5 Å². The summed E-state index contributed by atoms with van der Waals surface area (Å²) in [5, 5.41) is 2.63. The van der Waals surface area contributed by atoms with Gasteiger partial charge in [-0.05, 0) is 11.6 Å². The molecule has 0 aliphatic carbocycles. The first-order chi connectivity index (χ1) is 6.68. The maximum absolute atomic E-state index is 10.7. The van der Waals surface area contributed by atoms with Gasteiger partial charge in [0.1, 0.15) is 0 Å². The molecule has 0 fully saturated rings. The first-order valence-corrected chi connectivity index (χ1v) is 4.28. The van der Waals surface area contributed by atoms with E-state index in [1.165, 1.54) is 13.0 Å². The monoisotopic (exact) mass is 192 g/mol. The lowest BCUT2D eigenvalue weighted by molar-refractivity contribution is -0.118. The quantitative estimate of drug-likeness (QED) is 0.733. The van der Waals surface area contributed by atoms with E-state index in [1.54, 1.807) is 12.3 Å². The molecular weight excluding hydrogens is 180 g/mol. The third kappa shape index (κ3) is 3.71. The molecule has 0 aromatic carbocycles. The first-order valence-electron chi connectivity index (χ1n) is 4.28. The van der Waals surface area contributed by atoms with Crippen molar-refractivity contribution in [2.45, 2.75) is 6.92 Å². The molecule has 4 nitrogen and oxygen atoms in total. The molecule has 0 saturated carbocycles. The van der Waals surface area contributed by atoms with E-state index < -0.39 is 0 Å². The molecule has 1 aromatic heterocycles. The minimum absolute atomic E-state index is 0.0591. The van der Waals surface area contributed by atoms with E-state index in [1.807, 2.05) is 12.2 Å². The zero-order chi connectivity index (χ0) is 10.4. The Kier molecular flexibility index (Phi) is 3.67. The van der Waals surface area contributed by atoms with Gasteiger partial charge in [0.25, 0.3) is 0 Å². The third-order valence-corrected chi connectivity index (χ3v) is 1.59. The van der Waals surface area contributed by atoms with Crippen molar-refractivity contribution in [3.05, 3.63) is 40.3 Å². The summed E-state index contributed by atoms with van der Waals surface area (Å²) in [7, 11) is 0. The molecule has 2 N–H and O–H groups in total. The van der Waals surface area contributed by atoms with E-state index in [0.29, 0.717) is 6.54 Å². The van der Waals surface area contributed by atoms with Crippen LogP contribution in [0.3, 0.4) is 0 Å². The number of amides is 1. The molecule has 0 aliphatic rings. The average Bonchev–Trinajstić information content (AvgIpc) is 2.15. The van der Waals surface area contributed by atoms with E-state index in [2.05, 4.69) is 10.3 Å². The molecule has 1 heterocycles. The maximum Gasteiger partial charge on any atom is 0.247 e. The van der Waals surface area contributed by atoms with Crippen molar-refractivity contribution >= 4 is 12.0 Å². The van der Waals surface area contributed by atoms with Crippen LogP contribution in [0.1, 0.15) is 12.5 Å². The van der Waals surface area contributed by atoms with Crippen molar-refractivity contribution in [1.82, 2.24) is 10.3 Å². The fraction of sp³-hybridized carbons (Fsp3) is 0.200. The van der Waals surface area contributed by atoms with Gasteiger partial charge < -0.3 is 10.3 Å². The van der Waals surface area contributed by atoms with Crippen LogP contribution in [-0.2, 0) is 4.79 Å². The smallest absolute Gasteiger partial charge is 0.247 e. The van der Waals surface area contributed by atoms with E-state index in [4.69, 9.17) is 0 Å². The summed E-state index contributed by atoms with van der Waals surface area (Å²) in [5.74, 6) is -0.0591. The molecule has 0 bridgehead atoms. The molecule has 1 rings (SSSR count). The summed E-state index contributed by atoms with van der Waals surface area (Å²) < 4.78 is 0. The second kappa shape index (κ2) is 5.01. The van der Waals surface area contributed by atoms with Crippen LogP contribution in [0.25, 0.3) is 6.08 Å². The van der Waals surface area contributed by atoms with Crippen LogP contribution < -0.4 is 10.9 Å². The van der Waals surface area contributed by atoms with Crippen LogP contribution in [0.15, 0.2) is 29.2 Å². The van der Waals surface area contributed by atoms with Gasteiger partial charge in [-0.2, -0.15) is 0 Å². The minimum atomic E-state index is -0.121. The first kappa shape index (κ1) is 10.2. The Morgan fingerprint density at radius 3 is 2.93 bits per heavy atom. The zero-order valence-electron chi connectivity index (χ0n) is 7.91. The molecule has 0 saturated heterocycles. The molecule has 14 heavy (non-hydrogen) atoms. The largest absolute Gasteiger partial charge is 0.353 e. The predicted molar refractivity (Wildman–Crippen MR) is 54.8 cm³/mol. The molecule has 1 aromatic rings. The number of pyridine rings is 1. The van der Waals surface area contributed by atoms with Crippen LogP contribution in [0.5, 0.6) is 0 Å². The Morgan fingerprint density at radius 2 is 2.36 bits per heavy atom. The van der Waals surface area contributed by atoms with Crippen LogP contribution >= 0.6 is 0 Å². The van der Waals surface area contributed by atoms with Crippen molar-refractivity contribution in [1.29, 1.82) is 0 Å². The van der Waals surface area contributed by atoms with Gasteiger partial charge in [-0.25, -0.2) is 0 Å². The minimum Gasteiger partial charge on any atom is -0.353 e. The van der Waals surface area contributed by atoms with E-state index in [9.17, 15) is 9.59 Å². The fourth-order valence-corrected chi connectivity index (χ4v) is 0.924. The van der Waals surface area contributed by atoms with Gasteiger partial charge in [-0.15, -0.1) is 0 Å². The molecule has 0 aliphatic heterocycles. The molecule has 4 heteroatoms. The lowest BCUT2D eigenvalue weighted by Gasteiger charge is -1.94. The highest BCUT2D eigenvalue weighted by atomic mass is 16.1. The highest BCUT2D eigenvalue weighted by Gasteiger charge is 1.87. The molecular formula is C10H12N2O2. The number of carbonyl (C=O) groups excluding carboxylic acids is 1. The Morgan fingerprint density at radius 1 is 1.57 bits per heavy atom. The van der Waals surface area contributed by atoms with E-state index in [-0.39, 0.29) is 11.5 Å². The van der Waals surface area contributed by atoms with Crippen molar-refractivity contribution in [2.75, 3.05) is 6.54 Å². The molecule has 0 unspecified atom stereocenters. The number of hydrogen-bond acceptors (Lipinski definition) is 2. The lowest BCUT2D eigenvalue weighted by atomic mass is 10.2. The Bertz CT molecular complexity index is 373. The van der Waals surface area contributed by atoms with Crippen LogP contribution in [-0.4, -0.2) is 17.4 Å². The van der Waals surface area contributed by atoms with Crippen LogP contribution in [0.4, 0.5) is 0 Å². The van der Waals surface area contributed by atoms with Crippen molar-refractivity contribution in [2.24, 2.45) is 0 Å². The molecule has 1 amide bonds. The molecule has 0 atom stereocenters. The van der Waals surface area contributed by atoms with Crippen LogP contribution in [0.2, 0.25) is 0 Å². The van der Waals surface area contributed by atoms with Gasteiger partial charge in [0.05, 0.1) is 0 Å². The number of carbonyl (C=O) groups is 1. The van der Waals surface area contributed by atoms with Crippen LogP contribution in [0, 0.1) is 0 Å². The number of H-pyrrole nitrogens is 1. The Labute approximate surface area is 81.7 Å². The summed E-state index contributed by atoms with van der Waals surface area (Å²) in [6.07, 6.45) is 5.26. The summed E-state index contributed by atoms with van der Waals surface area (Å²) in [5.41, 5.74) is 0.777. The average molecular weight is 192 g/mol. The van der Waals surface area contributed by atoms with E-state index >= 15 is 0 Å². The predicted octanol–water partition coefficient (Wildman–Crippen LogP) is 0.524. The summed E-state index contributed by atoms with van der Waals surface area (Å²) in [4.78, 5) is 23.8. The van der Waals surface area contributed by atoms with Gasteiger partial charge in [0, 0.05) is 25.7 Å². The maximum atomic E-state index is 10.7. The Balaban J connectivity index is 2.48. The lowest BCUT2D eigenvalue weighted by Crippen LogP contribution is -2.19. The van der Waals surface area contributed by atoms with E-state index in [0.717, 1.165) is 5.56 Å². The highest BCUT2D eigenvalue weighted by molar-refractivity contribution is 5.73. The number of aromatic amines is 1. The summed E-state index contributed by atoms with van der Waals surface area (Å²) in [6, 6.07) is 3.17. The van der Waals surface area contributed by atoms with Gasteiger partial charge >= 0.3 is 0 Å². The highest BCUT2D eigenvalue weighted by Crippen LogP contribution is 1.95. The zero-order valence-corrected chi connectivity index (χ0v) is 7.91. The van der Waals surface area contributed by atoms with Gasteiger partial charge in [-0.3, -0.25) is 9.59 Å². The SMILES string of the molecule is CC(=O)NCC=Cc1ccc(=O)[nH]c1. The van der Waals surface area contributed by atoms with Crippen molar-refractivity contribution in [3.63, 3.8) is 0 Å². The molecule has 0 radical (unpaired) electrons. The number of rotatable bonds is 3. The standard InChI is InChI=1S/C10H12N2O2/c1-8(13)11-6-2-3-9-4-5-10(14)12-7-9/h2-5,7H,6H2,1H3,(H,11,13)(H,12,14). The van der Waals surface area contributed by atoms with Gasteiger partial charge in [-0.1, -0.05) is 12.2 Å². The normalized spacial score (nSPS) is 10.4. The van der Waals surface area contributed by atoms with Gasteiger partial charge in [0.15, 0.2) is 0 Å². The summed E-state index contributed by atoms with van der Waals surface area (Å²) >= 11 is 0. The van der Waals surface area contributed by atoms with Crippen molar-refractivity contribution < 1.29 is 4.79 Å². The number of aromatic nitrogens is 1.